The van der Waals surface area contributed by atoms with Crippen molar-refractivity contribution >= 4 is 5.97 Å². The van der Waals surface area contributed by atoms with Crippen LogP contribution in [0.3, 0.4) is 0 Å². The molecule has 0 spiro atoms. The number of carbonyl (C=O) groups is 1. The molecule has 1 aliphatic rings. The van der Waals surface area contributed by atoms with E-state index in [4.69, 9.17) is 5.11 Å². The Morgan fingerprint density at radius 2 is 2.36 bits per heavy atom. The second-order valence-electron chi connectivity index (χ2n) is 2.03. The molecule has 0 aliphatic heterocycles. The largest absolute Gasteiger partial charge is 0.478 e. The molecule has 58 valence electrons. The van der Waals surface area contributed by atoms with Crippen molar-refractivity contribution in [2.75, 3.05) is 0 Å². The van der Waals surface area contributed by atoms with Gasteiger partial charge in [-0.3, -0.25) is 10.1 Å². The van der Waals surface area contributed by atoms with Crippen molar-refractivity contribution in [1.82, 2.24) is 0 Å². The zero-order valence-electron chi connectivity index (χ0n) is 5.48. The van der Waals surface area contributed by atoms with E-state index in [1.54, 1.807) is 0 Å². The molecule has 0 amide bonds. The monoisotopic (exact) mass is 155 g/mol. The predicted molar refractivity (Wildman–Crippen MR) is 35.4 cm³/mol. The molecular weight excluding hydrogens is 150 g/mol. The lowest BCUT2D eigenvalue weighted by atomic mass is 10.2. The van der Waals surface area contributed by atoms with E-state index in [9.17, 15) is 14.9 Å². The average molecular weight is 155 g/mol. The van der Waals surface area contributed by atoms with Crippen LogP contribution < -0.4 is 0 Å². The summed E-state index contributed by atoms with van der Waals surface area (Å²) in [5, 5.41) is 18.6. The summed E-state index contributed by atoms with van der Waals surface area (Å²) in [6.45, 7) is 0. The van der Waals surface area contributed by atoms with Crippen molar-refractivity contribution in [3.63, 3.8) is 0 Å². The summed E-state index contributed by atoms with van der Waals surface area (Å²) >= 11 is 0. The number of allylic oxidation sites excluding steroid dienone is 2. The molecule has 0 unspecified atom stereocenters. The summed E-state index contributed by atoms with van der Waals surface area (Å²) < 4.78 is 0. The Labute approximate surface area is 61.8 Å². The summed E-state index contributed by atoms with van der Waals surface area (Å²) in [4.78, 5) is 19.8. The van der Waals surface area contributed by atoms with Crippen LogP contribution in [0.25, 0.3) is 0 Å². The molecule has 1 aliphatic carbocycles. The molecule has 0 saturated carbocycles. The fourth-order valence-corrected chi connectivity index (χ4v) is 0.861. The van der Waals surface area contributed by atoms with Crippen LogP contribution >= 0.6 is 0 Å². The normalized spacial score (nSPS) is 15.6. The first-order valence-electron chi connectivity index (χ1n) is 2.90. The van der Waals surface area contributed by atoms with Crippen LogP contribution in [0.15, 0.2) is 23.4 Å². The van der Waals surface area contributed by atoms with Gasteiger partial charge in [0.2, 0.25) is 0 Å². The van der Waals surface area contributed by atoms with Crippen LogP contribution in [0.4, 0.5) is 0 Å². The van der Waals surface area contributed by atoms with Gasteiger partial charge in [-0.2, -0.15) is 0 Å². The van der Waals surface area contributed by atoms with E-state index in [2.05, 4.69) is 0 Å². The van der Waals surface area contributed by atoms with Crippen LogP contribution in [0, 0.1) is 10.1 Å². The molecule has 0 aromatic carbocycles. The topological polar surface area (TPSA) is 80.4 Å². The van der Waals surface area contributed by atoms with Gasteiger partial charge in [0.1, 0.15) is 5.57 Å². The summed E-state index contributed by atoms with van der Waals surface area (Å²) in [5.41, 5.74) is -0.451. The van der Waals surface area contributed by atoms with Gasteiger partial charge in [0, 0.05) is 12.5 Å². The summed E-state index contributed by atoms with van der Waals surface area (Å²) in [6.07, 6.45) is 2.82. The fourth-order valence-electron chi connectivity index (χ4n) is 0.861. The lowest BCUT2D eigenvalue weighted by Crippen LogP contribution is -2.05. The number of carboxylic acids is 1. The summed E-state index contributed by atoms with van der Waals surface area (Å²) in [7, 11) is 0. The SMILES string of the molecule is O=C(O)C1=C([N+](=O)[O-])C=CC1. The Morgan fingerprint density at radius 1 is 1.73 bits per heavy atom. The van der Waals surface area contributed by atoms with Crippen LogP contribution in [-0.2, 0) is 4.79 Å². The molecular formula is C6H5NO4. The van der Waals surface area contributed by atoms with E-state index >= 15 is 0 Å². The van der Waals surface area contributed by atoms with Crippen molar-refractivity contribution < 1.29 is 14.8 Å². The maximum Gasteiger partial charge on any atom is 0.338 e. The Bertz CT molecular complexity index is 276. The Kier molecular flexibility index (Phi) is 1.72. The van der Waals surface area contributed by atoms with Gasteiger partial charge in [-0.15, -0.1) is 0 Å². The predicted octanol–water partition coefficient (Wildman–Crippen LogP) is 0.562. The Hall–Kier alpha value is -1.65. The minimum atomic E-state index is -1.22. The highest BCUT2D eigenvalue weighted by Crippen LogP contribution is 2.18. The van der Waals surface area contributed by atoms with Crippen molar-refractivity contribution in [3.05, 3.63) is 33.5 Å². The first kappa shape index (κ1) is 7.46. The number of nitro groups is 1. The highest BCUT2D eigenvalue weighted by Gasteiger charge is 2.24. The van der Waals surface area contributed by atoms with Crippen molar-refractivity contribution in [2.24, 2.45) is 0 Å². The third kappa shape index (κ3) is 1.26. The van der Waals surface area contributed by atoms with Crippen molar-refractivity contribution in [3.8, 4) is 0 Å². The maximum absolute atomic E-state index is 10.3. The van der Waals surface area contributed by atoms with E-state index in [0.29, 0.717) is 0 Å². The second kappa shape index (κ2) is 2.53. The van der Waals surface area contributed by atoms with E-state index in [0.717, 1.165) is 0 Å². The molecule has 1 rings (SSSR count). The first-order chi connectivity index (χ1) is 5.13. The van der Waals surface area contributed by atoms with E-state index in [1.807, 2.05) is 0 Å². The molecule has 0 aromatic heterocycles. The van der Waals surface area contributed by atoms with E-state index in [-0.39, 0.29) is 17.7 Å². The number of rotatable bonds is 2. The Morgan fingerprint density at radius 3 is 2.73 bits per heavy atom. The van der Waals surface area contributed by atoms with Crippen LogP contribution in [-0.4, -0.2) is 16.0 Å². The lowest BCUT2D eigenvalue weighted by Gasteiger charge is -1.91. The fraction of sp³-hybridized carbons (Fsp3) is 0.167. The zero-order chi connectivity index (χ0) is 8.43. The molecule has 5 nitrogen and oxygen atoms in total. The van der Waals surface area contributed by atoms with Gasteiger partial charge in [-0.25, -0.2) is 4.79 Å². The quantitative estimate of drug-likeness (QED) is 0.466. The van der Waals surface area contributed by atoms with Gasteiger partial charge >= 0.3 is 5.97 Å². The first-order valence-corrected chi connectivity index (χ1v) is 2.90. The van der Waals surface area contributed by atoms with Crippen LogP contribution in [0.5, 0.6) is 0 Å². The third-order valence-corrected chi connectivity index (χ3v) is 1.36. The van der Waals surface area contributed by atoms with Gasteiger partial charge in [-0.1, -0.05) is 6.08 Å². The maximum atomic E-state index is 10.3. The number of nitrogens with zero attached hydrogens (tertiary/aromatic N) is 1. The molecule has 0 atom stereocenters. The average Bonchev–Trinajstić information content (AvgIpc) is 2.32. The molecule has 0 aromatic rings. The number of aliphatic carboxylic acids is 1. The van der Waals surface area contributed by atoms with E-state index in [1.165, 1.54) is 12.2 Å². The highest BCUT2D eigenvalue weighted by atomic mass is 16.6. The number of hydrogen-bond donors (Lipinski definition) is 1. The molecule has 0 radical (unpaired) electrons. The number of hydrogen-bond acceptors (Lipinski definition) is 3. The Balaban J connectivity index is 3.02. The van der Waals surface area contributed by atoms with Crippen molar-refractivity contribution in [2.45, 2.75) is 6.42 Å². The molecule has 0 saturated heterocycles. The van der Waals surface area contributed by atoms with Crippen LogP contribution in [0.2, 0.25) is 0 Å². The minimum Gasteiger partial charge on any atom is -0.478 e. The zero-order valence-corrected chi connectivity index (χ0v) is 5.48. The summed E-state index contributed by atoms with van der Waals surface area (Å²) in [6, 6.07) is 0. The van der Waals surface area contributed by atoms with Gasteiger partial charge in [0.15, 0.2) is 0 Å². The highest BCUT2D eigenvalue weighted by molar-refractivity contribution is 5.88. The minimum absolute atomic E-state index is 0.144. The third-order valence-electron chi connectivity index (χ3n) is 1.36. The molecule has 0 fully saturated rings. The van der Waals surface area contributed by atoms with Gasteiger partial charge in [0.25, 0.3) is 5.70 Å². The number of carboxylic acid groups (broad SMARTS) is 1. The van der Waals surface area contributed by atoms with Crippen LogP contribution in [0.1, 0.15) is 6.42 Å². The molecule has 11 heavy (non-hydrogen) atoms. The van der Waals surface area contributed by atoms with Crippen molar-refractivity contribution in [1.29, 1.82) is 0 Å². The second-order valence-corrected chi connectivity index (χ2v) is 2.03. The molecule has 0 bridgehead atoms. The van der Waals surface area contributed by atoms with Gasteiger partial charge in [-0.05, 0) is 0 Å². The molecule has 5 heteroatoms. The summed E-state index contributed by atoms with van der Waals surface area (Å²) in [5.74, 6) is -1.22. The van der Waals surface area contributed by atoms with E-state index < -0.39 is 10.9 Å². The smallest absolute Gasteiger partial charge is 0.338 e. The standard InChI is InChI=1S/C6H5NO4/c8-6(9)4-2-1-3-5(4)7(10)11/h1,3H,2H2,(H,8,9). The lowest BCUT2D eigenvalue weighted by molar-refractivity contribution is -0.419. The van der Waals surface area contributed by atoms with Gasteiger partial charge < -0.3 is 5.11 Å². The molecule has 0 heterocycles. The molecule has 1 N–H and O–H groups in total. The van der Waals surface area contributed by atoms with Gasteiger partial charge in [0.05, 0.1) is 4.92 Å².